The minimum Gasteiger partial charge on any atom is -0.478 e. The lowest BCUT2D eigenvalue weighted by Crippen LogP contribution is -2.10. The number of hydrogen-bond acceptors (Lipinski definition) is 3. The van der Waals surface area contributed by atoms with Crippen LogP contribution < -0.4 is 0 Å². The molecule has 0 radical (unpaired) electrons. The predicted octanol–water partition coefficient (Wildman–Crippen LogP) is 2.19. The van der Waals surface area contributed by atoms with Crippen molar-refractivity contribution in [3.63, 3.8) is 0 Å². The Morgan fingerprint density at radius 1 is 1.44 bits per heavy atom. The summed E-state index contributed by atoms with van der Waals surface area (Å²) in [7, 11) is 3.87. The fourth-order valence-electron chi connectivity index (χ4n) is 1.79. The number of carbonyl (C=O) groups is 1. The first kappa shape index (κ1) is 10.7. The van der Waals surface area contributed by atoms with Gasteiger partial charge in [0.25, 0.3) is 0 Å². The smallest absolute Gasteiger partial charge is 0.336 e. The van der Waals surface area contributed by atoms with Crippen molar-refractivity contribution >= 4 is 16.9 Å². The molecule has 2 rings (SSSR count). The summed E-state index contributed by atoms with van der Waals surface area (Å²) in [4.78, 5) is 13.1. The second-order valence-corrected chi connectivity index (χ2v) is 3.98. The predicted molar refractivity (Wildman–Crippen MR) is 60.6 cm³/mol. The van der Waals surface area contributed by atoms with E-state index in [2.05, 4.69) is 0 Å². The third-order valence-electron chi connectivity index (χ3n) is 2.39. The molecule has 0 saturated carbocycles. The fourth-order valence-corrected chi connectivity index (χ4v) is 1.79. The standard InChI is InChI=1S/C12H13NO3/c1-13(2)6-8-7-16-10-5-3-4-9(11(8)10)12(14)15/h3-5,7H,6H2,1-2H3,(H,14,15). The van der Waals surface area contributed by atoms with E-state index in [4.69, 9.17) is 9.52 Å². The summed E-state index contributed by atoms with van der Waals surface area (Å²) in [5.74, 6) is -0.924. The Kier molecular flexibility index (Phi) is 2.66. The largest absolute Gasteiger partial charge is 0.478 e. The van der Waals surface area contributed by atoms with Gasteiger partial charge in [0.1, 0.15) is 5.58 Å². The number of hydrogen-bond donors (Lipinski definition) is 1. The van der Waals surface area contributed by atoms with Crippen LogP contribution in [0.5, 0.6) is 0 Å². The first-order valence-electron chi connectivity index (χ1n) is 4.96. The summed E-state index contributed by atoms with van der Waals surface area (Å²) in [5, 5.41) is 9.80. The van der Waals surface area contributed by atoms with Gasteiger partial charge in [0.2, 0.25) is 0 Å². The van der Waals surface area contributed by atoms with Gasteiger partial charge in [-0.15, -0.1) is 0 Å². The van der Waals surface area contributed by atoms with E-state index in [0.29, 0.717) is 23.1 Å². The molecule has 0 aliphatic heterocycles. The average molecular weight is 219 g/mol. The number of fused-ring (bicyclic) bond motifs is 1. The normalized spacial score (nSPS) is 11.2. The molecule has 0 spiro atoms. The van der Waals surface area contributed by atoms with E-state index in [1.807, 2.05) is 19.0 Å². The molecular weight excluding hydrogens is 206 g/mol. The number of nitrogens with zero attached hydrogens (tertiary/aromatic N) is 1. The minimum absolute atomic E-state index is 0.295. The van der Waals surface area contributed by atoms with Crippen LogP contribution in [0.25, 0.3) is 11.0 Å². The van der Waals surface area contributed by atoms with Crippen LogP contribution in [0, 0.1) is 0 Å². The van der Waals surface area contributed by atoms with E-state index in [0.717, 1.165) is 5.56 Å². The van der Waals surface area contributed by atoms with Gasteiger partial charge in [-0.3, -0.25) is 0 Å². The van der Waals surface area contributed by atoms with E-state index >= 15 is 0 Å². The van der Waals surface area contributed by atoms with E-state index in [1.165, 1.54) is 0 Å². The van der Waals surface area contributed by atoms with Crippen molar-refractivity contribution in [1.82, 2.24) is 4.90 Å². The van der Waals surface area contributed by atoms with Crippen molar-refractivity contribution in [2.45, 2.75) is 6.54 Å². The number of furan rings is 1. The van der Waals surface area contributed by atoms with Crippen molar-refractivity contribution in [3.8, 4) is 0 Å². The highest BCUT2D eigenvalue weighted by Crippen LogP contribution is 2.25. The number of aromatic carboxylic acids is 1. The quantitative estimate of drug-likeness (QED) is 0.859. The summed E-state index contributed by atoms with van der Waals surface area (Å²) in [5.41, 5.74) is 1.82. The number of carboxylic acid groups (broad SMARTS) is 1. The van der Waals surface area contributed by atoms with Crippen LogP contribution in [0.4, 0.5) is 0 Å². The molecule has 2 aromatic rings. The third kappa shape index (κ3) is 1.79. The molecule has 0 aliphatic carbocycles. The molecule has 0 bridgehead atoms. The van der Waals surface area contributed by atoms with Crippen LogP contribution in [0.3, 0.4) is 0 Å². The zero-order valence-electron chi connectivity index (χ0n) is 9.23. The Balaban J connectivity index is 2.63. The molecule has 1 aromatic heterocycles. The van der Waals surface area contributed by atoms with Crippen LogP contribution in [0.15, 0.2) is 28.9 Å². The highest BCUT2D eigenvalue weighted by atomic mass is 16.4. The zero-order chi connectivity index (χ0) is 11.7. The van der Waals surface area contributed by atoms with Crippen LogP contribution >= 0.6 is 0 Å². The van der Waals surface area contributed by atoms with E-state index < -0.39 is 5.97 Å². The van der Waals surface area contributed by atoms with Gasteiger partial charge in [-0.05, 0) is 26.2 Å². The molecule has 84 valence electrons. The van der Waals surface area contributed by atoms with E-state index in [1.54, 1.807) is 24.5 Å². The molecule has 1 aromatic carbocycles. The molecule has 0 saturated heterocycles. The maximum atomic E-state index is 11.1. The fraction of sp³-hybridized carbons (Fsp3) is 0.250. The van der Waals surface area contributed by atoms with Crippen molar-refractivity contribution < 1.29 is 14.3 Å². The maximum Gasteiger partial charge on any atom is 0.336 e. The van der Waals surface area contributed by atoms with Crippen LogP contribution in [0.2, 0.25) is 0 Å². The molecule has 0 unspecified atom stereocenters. The number of benzene rings is 1. The Hall–Kier alpha value is -1.81. The van der Waals surface area contributed by atoms with Gasteiger partial charge >= 0.3 is 5.97 Å². The van der Waals surface area contributed by atoms with Crippen LogP contribution in [-0.4, -0.2) is 30.1 Å². The molecule has 16 heavy (non-hydrogen) atoms. The summed E-state index contributed by atoms with van der Waals surface area (Å²) in [6, 6.07) is 5.06. The molecule has 0 fully saturated rings. The lowest BCUT2D eigenvalue weighted by atomic mass is 10.1. The molecule has 0 aliphatic rings. The SMILES string of the molecule is CN(C)Cc1coc2cccc(C(=O)O)c12. The highest BCUT2D eigenvalue weighted by Gasteiger charge is 2.15. The third-order valence-corrected chi connectivity index (χ3v) is 2.39. The van der Waals surface area contributed by atoms with Crippen LogP contribution in [0.1, 0.15) is 15.9 Å². The van der Waals surface area contributed by atoms with Gasteiger partial charge in [0, 0.05) is 17.5 Å². The molecule has 0 atom stereocenters. The van der Waals surface area contributed by atoms with Crippen molar-refractivity contribution in [2.24, 2.45) is 0 Å². The Bertz CT molecular complexity index is 528. The lowest BCUT2D eigenvalue weighted by Gasteiger charge is -2.08. The van der Waals surface area contributed by atoms with Crippen molar-refractivity contribution in [1.29, 1.82) is 0 Å². The summed E-state index contributed by atoms with van der Waals surface area (Å²) in [6.45, 7) is 0.664. The Labute approximate surface area is 93.1 Å². The number of carboxylic acids is 1. The molecule has 1 N–H and O–H groups in total. The van der Waals surface area contributed by atoms with Gasteiger partial charge in [0.05, 0.1) is 11.8 Å². The zero-order valence-corrected chi connectivity index (χ0v) is 9.23. The van der Waals surface area contributed by atoms with Gasteiger partial charge in [0.15, 0.2) is 0 Å². The Morgan fingerprint density at radius 2 is 2.19 bits per heavy atom. The second kappa shape index (κ2) is 3.98. The van der Waals surface area contributed by atoms with Gasteiger partial charge in [-0.25, -0.2) is 4.79 Å². The summed E-state index contributed by atoms with van der Waals surface area (Å²) in [6.07, 6.45) is 1.62. The lowest BCUT2D eigenvalue weighted by molar-refractivity contribution is 0.0699. The molecule has 1 heterocycles. The summed E-state index contributed by atoms with van der Waals surface area (Å²) >= 11 is 0. The Morgan fingerprint density at radius 3 is 2.81 bits per heavy atom. The molecule has 0 amide bonds. The van der Waals surface area contributed by atoms with Crippen molar-refractivity contribution in [2.75, 3.05) is 14.1 Å². The average Bonchev–Trinajstić information content (AvgIpc) is 2.60. The van der Waals surface area contributed by atoms with Gasteiger partial charge < -0.3 is 14.4 Å². The second-order valence-electron chi connectivity index (χ2n) is 3.98. The topological polar surface area (TPSA) is 53.7 Å². The monoisotopic (exact) mass is 219 g/mol. The number of rotatable bonds is 3. The minimum atomic E-state index is -0.924. The maximum absolute atomic E-state index is 11.1. The first-order valence-corrected chi connectivity index (χ1v) is 4.96. The molecular formula is C12H13NO3. The highest BCUT2D eigenvalue weighted by molar-refractivity contribution is 6.03. The molecule has 4 nitrogen and oxygen atoms in total. The first-order chi connectivity index (χ1) is 7.59. The van der Waals surface area contributed by atoms with E-state index in [9.17, 15) is 4.79 Å². The van der Waals surface area contributed by atoms with Crippen molar-refractivity contribution in [3.05, 3.63) is 35.6 Å². The van der Waals surface area contributed by atoms with Gasteiger partial charge in [-0.2, -0.15) is 0 Å². The summed E-state index contributed by atoms with van der Waals surface area (Å²) < 4.78 is 5.35. The van der Waals surface area contributed by atoms with E-state index in [-0.39, 0.29) is 0 Å². The van der Waals surface area contributed by atoms with Gasteiger partial charge in [-0.1, -0.05) is 6.07 Å². The molecule has 4 heteroatoms. The van der Waals surface area contributed by atoms with Crippen LogP contribution in [-0.2, 0) is 6.54 Å².